The molecule has 2 aromatic carbocycles. The number of alkyl halides is 2. The number of anilines is 2. The van der Waals surface area contributed by atoms with E-state index in [1.807, 2.05) is 6.92 Å². The summed E-state index contributed by atoms with van der Waals surface area (Å²) < 4.78 is 27.8. The zero-order valence-corrected chi connectivity index (χ0v) is 18.3. The number of hydrogen-bond acceptors (Lipinski definition) is 4. The highest BCUT2D eigenvalue weighted by molar-refractivity contribution is 6.08. The Bertz CT molecular complexity index is 1200. The van der Waals surface area contributed by atoms with Crippen LogP contribution in [-0.2, 0) is 16.1 Å². The molecule has 2 atom stereocenters. The predicted octanol–water partition coefficient (Wildman–Crippen LogP) is 2.84. The van der Waals surface area contributed by atoms with Crippen LogP contribution in [0.25, 0.3) is 0 Å². The Labute approximate surface area is 194 Å². The summed E-state index contributed by atoms with van der Waals surface area (Å²) in [6.07, 6.45) is -2.36. The summed E-state index contributed by atoms with van der Waals surface area (Å²) in [6, 6.07) is 8.92. The van der Waals surface area contributed by atoms with E-state index in [1.54, 1.807) is 42.5 Å². The van der Waals surface area contributed by atoms with Crippen molar-refractivity contribution < 1.29 is 28.0 Å². The van der Waals surface area contributed by atoms with Crippen LogP contribution in [0.2, 0.25) is 0 Å². The molecule has 0 saturated carbocycles. The van der Waals surface area contributed by atoms with E-state index in [9.17, 15) is 28.0 Å². The number of rotatable bonds is 4. The monoisotopic (exact) mass is 468 g/mol. The lowest BCUT2D eigenvalue weighted by Crippen LogP contribution is -2.52. The Kier molecular flexibility index (Phi) is 5.30. The van der Waals surface area contributed by atoms with Gasteiger partial charge in [-0.25, -0.2) is 13.6 Å². The molecule has 3 aliphatic rings. The van der Waals surface area contributed by atoms with Gasteiger partial charge < -0.3 is 4.90 Å². The van der Waals surface area contributed by atoms with Crippen LogP contribution in [0.3, 0.4) is 0 Å². The number of nitrogens with zero attached hydrogens (tertiary/aromatic N) is 3. The maximum Gasteiger partial charge on any atom is 0.329 e. The summed E-state index contributed by atoms with van der Waals surface area (Å²) in [7, 11) is 0. The Morgan fingerprint density at radius 1 is 1.00 bits per heavy atom. The number of amides is 5. The van der Waals surface area contributed by atoms with E-state index in [4.69, 9.17) is 0 Å². The first-order valence-electron chi connectivity index (χ1n) is 11.0. The summed E-state index contributed by atoms with van der Waals surface area (Å²) in [5.74, 6) is -1.22. The van der Waals surface area contributed by atoms with Gasteiger partial charge in [0.25, 0.3) is 12.3 Å². The van der Waals surface area contributed by atoms with Crippen molar-refractivity contribution in [3.63, 3.8) is 0 Å². The van der Waals surface area contributed by atoms with Gasteiger partial charge in [-0.1, -0.05) is 17.7 Å². The van der Waals surface area contributed by atoms with Gasteiger partial charge in [-0.2, -0.15) is 0 Å². The highest BCUT2D eigenvalue weighted by Crippen LogP contribution is 2.35. The number of fused-ring (bicyclic) bond motifs is 1. The maximum atomic E-state index is 13.9. The van der Waals surface area contributed by atoms with Crippen LogP contribution < -0.4 is 15.1 Å². The third kappa shape index (κ3) is 3.59. The minimum absolute atomic E-state index is 0.135. The third-order valence-electron chi connectivity index (χ3n) is 6.56. The van der Waals surface area contributed by atoms with Crippen LogP contribution in [0.4, 0.5) is 25.0 Å². The molecule has 1 unspecified atom stereocenters. The molecule has 0 aliphatic carbocycles. The van der Waals surface area contributed by atoms with Crippen LogP contribution >= 0.6 is 0 Å². The number of piperidine rings is 1. The largest absolute Gasteiger partial charge is 0.329 e. The van der Waals surface area contributed by atoms with Crippen molar-refractivity contribution in [2.24, 2.45) is 0 Å². The molecule has 34 heavy (non-hydrogen) atoms. The lowest BCUT2D eigenvalue weighted by Gasteiger charge is -2.29. The Morgan fingerprint density at radius 3 is 2.38 bits per heavy atom. The van der Waals surface area contributed by atoms with E-state index >= 15 is 0 Å². The van der Waals surface area contributed by atoms with Gasteiger partial charge in [0, 0.05) is 29.9 Å². The summed E-state index contributed by atoms with van der Waals surface area (Å²) in [5.41, 5.74) is 2.73. The number of nitrogens with one attached hydrogen (secondary N) is 1. The number of imide groups is 1. The lowest BCUT2D eigenvalue weighted by atomic mass is 10.0. The number of aryl methyl sites for hydroxylation is 1. The second-order valence-corrected chi connectivity index (χ2v) is 8.74. The first-order chi connectivity index (χ1) is 16.2. The molecule has 0 spiro atoms. The molecule has 3 aliphatic heterocycles. The number of halogens is 2. The fraction of sp³-hybridized carbons (Fsp3) is 0.333. The zero-order valence-electron chi connectivity index (χ0n) is 18.3. The Hall–Kier alpha value is -3.82. The van der Waals surface area contributed by atoms with Crippen molar-refractivity contribution in [2.45, 2.75) is 44.8 Å². The molecule has 3 heterocycles. The Balaban J connectivity index is 1.41. The molecule has 176 valence electrons. The molecule has 8 nitrogen and oxygen atoms in total. The molecule has 2 fully saturated rings. The minimum atomic E-state index is -2.74. The van der Waals surface area contributed by atoms with Crippen LogP contribution in [-0.4, -0.2) is 53.7 Å². The predicted molar refractivity (Wildman–Crippen MR) is 119 cm³/mol. The molecule has 0 aromatic heterocycles. The number of urea groups is 1. The third-order valence-corrected chi connectivity index (χ3v) is 6.56. The molecule has 1 N–H and O–H groups in total. The average Bonchev–Trinajstić information content (AvgIpc) is 3.31. The lowest BCUT2D eigenvalue weighted by molar-refractivity contribution is -0.136. The topological polar surface area (TPSA) is 90.0 Å². The van der Waals surface area contributed by atoms with Gasteiger partial charge in [0.15, 0.2) is 0 Å². The van der Waals surface area contributed by atoms with Gasteiger partial charge in [-0.05, 0) is 49.2 Å². The van der Waals surface area contributed by atoms with Crippen molar-refractivity contribution in [1.29, 1.82) is 0 Å². The maximum absolute atomic E-state index is 13.9. The van der Waals surface area contributed by atoms with Crippen LogP contribution in [0.5, 0.6) is 0 Å². The zero-order chi connectivity index (χ0) is 24.1. The first-order valence-corrected chi connectivity index (χ1v) is 11.0. The molecular weight excluding hydrogens is 446 g/mol. The highest BCUT2D eigenvalue weighted by atomic mass is 19.3. The van der Waals surface area contributed by atoms with Crippen LogP contribution in [0.1, 0.15) is 34.3 Å². The molecule has 5 amide bonds. The SMILES string of the molecule is Cc1ccc(N2C(=O)N(c3ccc4c(c3)CN(C3CCC(=O)NC3=O)C4=O)C[C@H]2C(F)F)cc1. The first kappa shape index (κ1) is 22.0. The van der Waals surface area contributed by atoms with Crippen molar-refractivity contribution >= 4 is 35.1 Å². The molecule has 0 radical (unpaired) electrons. The second kappa shape index (κ2) is 8.19. The average molecular weight is 468 g/mol. The molecule has 5 rings (SSSR count). The summed E-state index contributed by atoms with van der Waals surface area (Å²) in [5, 5.41) is 2.25. The van der Waals surface area contributed by atoms with Gasteiger partial charge in [-0.15, -0.1) is 0 Å². The molecular formula is C24H22F2N4O4. The molecule has 2 saturated heterocycles. The number of carbonyl (C=O) groups is 4. The van der Waals surface area contributed by atoms with Gasteiger partial charge in [0.05, 0.1) is 6.54 Å². The number of benzene rings is 2. The van der Waals surface area contributed by atoms with Gasteiger partial charge in [0.1, 0.15) is 12.1 Å². The minimum Gasteiger partial charge on any atom is -0.322 e. The van der Waals surface area contributed by atoms with E-state index in [0.29, 0.717) is 22.5 Å². The van der Waals surface area contributed by atoms with E-state index in [2.05, 4.69) is 5.32 Å². The second-order valence-electron chi connectivity index (χ2n) is 8.74. The van der Waals surface area contributed by atoms with E-state index in [0.717, 1.165) is 10.5 Å². The smallest absolute Gasteiger partial charge is 0.322 e. The van der Waals surface area contributed by atoms with E-state index in [1.165, 1.54) is 9.80 Å². The van der Waals surface area contributed by atoms with Gasteiger partial charge in [-0.3, -0.25) is 29.5 Å². The Morgan fingerprint density at radius 2 is 1.71 bits per heavy atom. The quantitative estimate of drug-likeness (QED) is 0.699. The number of hydrogen-bond donors (Lipinski definition) is 1. The fourth-order valence-corrected chi connectivity index (χ4v) is 4.76. The van der Waals surface area contributed by atoms with Crippen molar-refractivity contribution in [3.8, 4) is 0 Å². The molecule has 0 bridgehead atoms. The molecule has 2 aromatic rings. The normalized spacial score (nSPS) is 22.6. The molecule has 10 heteroatoms. The summed E-state index contributed by atoms with van der Waals surface area (Å²) in [4.78, 5) is 53.6. The van der Waals surface area contributed by atoms with Gasteiger partial charge >= 0.3 is 6.03 Å². The fourth-order valence-electron chi connectivity index (χ4n) is 4.76. The standard InChI is InChI=1S/C24H22F2N4O4/c1-13-2-4-15(5-3-13)30-19(21(25)26)12-28(24(30)34)16-6-7-17-14(10-16)11-29(23(17)33)18-8-9-20(31)27-22(18)32/h2-7,10,18-19,21H,8-9,11-12H2,1H3,(H,27,31,32)/t18?,19-/m0/s1. The van der Waals surface area contributed by atoms with E-state index in [-0.39, 0.29) is 37.7 Å². The summed E-state index contributed by atoms with van der Waals surface area (Å²) >= 11 is 0. The van der Waals surface area contributed by atoms with Gasteiger partial charge in [0.2, 0.25) is 11.8 Å². The number of carbonyl (C=O) groups excluding carboxylic acids is 4. The van der Waals surface area contributed by atoms with E-state index < -0.39 is 30.4 Å². The van der Waals surface area contributed by atoms with Crippen molar-refractivity contribution in [1.82, 2.24) is 10.2 Å². The summed E-state index contributed by atoms with van der Waals surface area (Å²) in [6.45, 7) is 1.81. The highest BCUT2D eigenvalue weighted by Gasteiger charge is 2.45. The van der Waals surface area contributed by atoms with Crippen LogP contribution in [0, 0.1) is 6.92 Å². The van der Waals surface area contributed by atoms with Crippen molar-refractivity contribution in [3.05, 3.63) is 59.2 Å². The van der Waals surface area contributed by atoms with Crippen LogP contribution in [0.15, 0.2) is 42.5 Å². The van der Waals surface area contributed by atoms with Crippen molar-refractivity contribution in [2.75, 3.05) is 16.3 Å².